The van der Waals surface area contributed by atoms with Crippen molar-refractivity contribution in [3.63, 3.8) is 0 Å². The minimum Gasteiger partial charge on any atom is -0.481 e. The topological polar surface area (TPSA) is 49.3 Å². The highest BCUT2D eigenvalue weighted by Gasteiger charge is 2.26. The third kappa shape index (κ3) is 4.57. The van der Waals surface area contributed by atoms with Crippen LogP contribution in [0.1, 0.15) is 25.0 Å². The van der Waals surface area contributed by atoms with Crippen molar-refractivity contribution in [1.29, 1.82) is 0 Å². The molecule has 0 aliphatic carbocycles. The molecule has 0 bridgehead atoms. The highest BCUT2D eigenvalue weighted by Crippen LogP contribution is 2.13. The van der Waals surface area contributed by atoms with Crippen LogP contribution in [0.25, 0.3) is 0 Å². The molecule has 0 aliphatic rings. The van der Waals surface area contributed by atoms with Gasteiger partial charge < -0.3 is 10.4 Å². The van der Waals surface area contributed by atoms with Crippen molar-refractivity contribution >= 4 is 5.97 Å². The van der Waals surface area contributed by atoms with Gasteiger partial charge in [0.25, 0.3) is 0 Å². The fourth-order valence-corrected chi connectivity index (χ4v) is 1.46. The zero-order chi connectivity index (χ0) is 12.9. The second-order valence-corrected chi connectivity index (χ2v) is 5.10. The van der Waals surface area contributed by atoms with Crippen LogP contribution < -0.4 is 5.32 Å². The van der Waals surface area contributed by atoms with Gasteiger partial charge in [0.1, 0.15) is 0 Å². The molecule has 0 heterocycles. The minimum atomic E-state index is -0.764. The minimum absolute atomic E-state index is 0.494. The Hall–Kier alpha value is -1.35. The SMILES string of the molecule is Cc1ccc(CCNCC(C)(C)C(=O)O)cc1. The molecule has 0 aromatic heterocycles. The fourth-order valence-electron chi connectivity index (χ4n) is 1.46. The molecule has 0 atom stereocenters. The molecule has 0 unspecified atom stereocenters. The largest absolute Gasteiger partial charge is 0.481 e. The highest BCUT2D eigenvalue weighted by molar-refractivity contribution is 5.73. The lowest BCUT2D eigenvalue weighted by molar-refractivity contribution is -0.146. The van der Waals surface area contributed by atoms with E-state index in [9.17, 15) is 4.79 Å². The number of rotatable bonds is 6. The maximum absolute atomic E-state index is 10.9. The Kier molecular flexibility index (Phi) is 4.70. The Labute approximate surface area is 103 Å². The van der Waals surface area contributed by atoms with E-state index in [1.807, 2.05) is 0 Å². The number of benzene rings is 1. The number of aryl methyl sites for hydroxylation is 1. The maximum atomic E-state index is 10.9. The maximum Gasteiger partial charge on any atom is 0.310 e. The molecule has 1 aromatic rings. The smallest absolute Gasteiger partial charge is 0.310 e. The van der Waals surface area contributed by atoms with Gasteiger partial charge in [-0.25, -0.2) is 0 Å². The zero-order valence-corrected chi connectivity index (χ0v) is 10.8. The molecule has 0 spiro atoms. The summed E-state index contributed by atoms with van der Waals surface area (Å²) in [5.74, 6) is -0.764. The number of nitrogens with one attached hydrogen (secondary N) is 1. The number of aliphatic carboxylic acids is 1. The van der Waals surface area contributed by atoms with E-state index < -0.39 is 11.4 Å². The van der Waals surface area contributed by atoms with E-state index in [0.29, 0.717) is 6.54 Å². The van der Waals surface area contributed by atoms with Gasteiger partial charge in [-0.2, -0.15) is 0 Å². The third-order valence-corrected chi connectivity index (χ3v) is 2.86. The molecule has 0 saturated carbocycles. The molecule has 1 rings (SSSR count). The molecular formula is C14H21NO2. The van der Waals surface area contributed by atoms with Gasteiger partial charge in [0, 0.05) is 6.54 Å². The summed E-state index contributed by atoms with van der Waals surface area (Å²) in [7, 11) is 0. The van der Waals surface area contributed by atoms with Crippen molar-refractivity contribution in [2.45, 2.75) is 27.2 Å². The van der Waals surface area contributed by atoms with Gasteiger partial charge in [0.2, 0.25) is 0 Å². The molecule has 1 aromatic carbocycles. The van der Waals surface area contributed by atoms with Crippen molar-refractivity contribution in [3.05, 3.63) is 35.4 Å². The number of carboxylic acids is 1. The summed E-state index contributed by atoms with van der Waals surface area (Å²) in [6, 6.07) is 8.41. The molecule has 0 radical (unpaired) electrons. The summed E-state index contributed by atoms with van der Waals surface area (Å²) in [4.78, 5) is 10.9. The summed E-state index contributed by atoms with van der Waals surface area (Å²) >= 11 is 0. The number of hydrogen-bond acceptors (Lipinski definition) is 2. The average Bonchev–Trinajstić information content (AvgIpc) is 2.26. The summed E-state index contributed by atoms with van der Waals surface area (Å²) in [6.07, 6.45) is 0.927. The lowest BCUT2D eigenvalue weighted by atomic mass is 9.94. The normalized spacial score (nSPS) is 11.5. The molecule has 17 heavy (non-hydrogen) atoms. The van der Waals surface area contributed by atoms with Gasteiger partial charge in [-0.05, 0) is 39.3 Å². The van der Waals surface area contributed by atoms with Gasteiger partial charge >= 0.3 is 5.97 Å². The summed E-state index contributed by atoms with van der Waals surface area (Å²) in [6.45, 7) is 6.83. The van der Waals surface area contributed by atoms with Gasteiger partial charge in [-0.3, -0.25) is 4.79 Å². The van der Waals surface area contributed by atoms with Crippen molar-refractivity contribution in [3.8, 4) is 0 Å². The van der Waals surface area contributed by atoms with E-state index in [0.717, 1.165) is 13.0 Å². The number of hydrogen-bond donors (Lipinski definition) is 2. The van der Waals surface area contributed by atoms with Crippen molar-refractivity contribution in [1.82, 2.24) is 5.32 Å². The molecular weight excluding hydrogens is 214 g/mol. The molecule has 0 aliphatic heterocycles. The Morgan fingerprint density at radius 2 is 1.88 bits per heavy atom. The van der Waals surface area contributed by atoms with Crippen LogP contribution in [0.3, 0.4) is 0 Å². The molecule has 2 N–H and O–H groups in total. The monoisotopic (exact) mass is 235 g/mol. The van der Waals surface area contributed by atoms with Crippen LogP contribution >= 0.6 is 0 Å². The van der Waals surface area contributed by atoms with E-state index in [1.54, 1.807) is 13.8 Å². The molecule has 0 fully saturated rings. The molecule has 0 amide bonds. The van der Waals surface area contributed by atoms with Crippen LogP contribution in [0, 0.1) is 12.3 Å². The second kappa shape index (κ2) is 5.82. The zero-order valence-electron chi connectivity index (χ0n) is 10.8. The average molecular weight is 235 g/mol. The lowest BCUT2D eigenvalue weighted by Crippen LogP contribution is -2.36. The summed E-state index contributed by atoms with van der Waals surface area (Å²) in [5.41, 5.74) is 1.83. The Balaban J connectivity index is 2.29. The first-order valence-corrected chi connectivity index (χ1v) is 5.91. The van der Waals surface area contributed by atoms with Gasteiger partial charge in [0.15, 0.2) is 0 Å². The lowest BCUT2D eigenvalue weighted by Gasteiger charge is -2.19. The standard InChI is InChI=1S/C14H21NO2/c1-11-4-6-12(7-5-11)8-9-15-10-14(2,3)13(16)17/h4-7,15H,8-10H2,1-3H3,(H,16,17). The van der Waals surface area contributed by atoms with E-state index in [1.165, 1.54) is 11.1 Å². The first kappa shape index (κ1) is 13.7. The molecule has 0 saturated heterocycles. The Morgan fingerprint density at radius 1 is 1.29 bits per heavy atom. The van der Waals surface area contributed by atoms with Crippen molar-refractivity contribution in [2.24, 2.45) is 5.41 Å². The predicted octanol–water partition coefficient (Wildman–Crippen LogP) is 2.24. The first-order valence-electron chi connectivity index (χ1n) is 5.91. The van der Waals surface area contributed by atoms with E-state index in [2.05, 4.69) is 36.5 Å². The van der Waals surface area contributed by atoms with Crippen LogP contribution in [0.5, 0.6) is 0 Å². The predicted molar refractivity (Wildman–Crippen MR) is 69.2 cm³/mol. The number of carboxylic acid groups (broad SMARTS) is 1. The molecule has 3 nitrogen and oxygen atoms in total. The van der Waals surface area contributed by atoms with Crippen molar-refractivity contribution < 1.29 is 9.90 Å². The van der Waals surface area contributed by atoms with Gasteiger partial charge in [-0.1, -0.05) is 29.8 Å². The molecule has 94 valence electrons. The highest BCUT2D eigenvalue weighted by atomic mass is 16.4. The van der Waals surface area contributed by atoms with Crippen LogP contribution in [0.15, 0.2) is 24.3 Å². The molecule has 3 heteroatoms. The van der Waals surface area contributed by atoms with Crippen LogP contribution in [-0.4, -0.2) is 24.2 Å². The fraction of sp³-hybridized carbons (Fsp3) is 0.500. The van der Waals surface area contributed by atoms with Crippen molar-refractivity contribution in [2.75, 3.05) is 13.1 Å². The Morgan fingerprint density at radius 3 is 2.41 bits per heavy atom. The third-order valence-electron chi connectivity index (χ3n) is 2.86. The van der Waals surface area contributed by atoms with Crippen LogP contribution in [-0.2, 0) is 11.2 Å². The second-order valence-electron chi connectivity index (χ2n) is 5.10. The summed E-state index contributed by atoms with van der Waals surface area (Å²) in [5, 5.41) is 12.1. The van der Waals surface area contributed by atoms with Gasteiger partial charge in [-0.15, -0.1) is 0 Å². The Bertz CT molecular complexity index is 368. The van der Waals surface area contributed by atoms with E-state index in [-0.39, 0.29) is 0 Å². The summed E-state index contributed by atoms with van der Waals surface area (Å²) < 4.78 is 0. The van der Waals surface area contributed by atoms with E-state index >= 15 is 0 Å². The van der Waals surface area contributed by atoms with Gasteiger partial charge in [0.05, 0.1) is 5.41 Å². The first-order chi connectivity index (χ1) is 7.92. The quantitative estimate of drug-likeness (QED) is 0.743. The van der Waals surface area contributed by atoms with Crippen LogP contribution in [0.2, 0.25) is 0 Å². The number of carbonyl (C=O) groups is 1. The van der Waals surface area contributed by atoms with E-state index in [4.69, 9.17) is 5.11 Å². The van der Waals surface area contributed by atoms with Crippen LogP contribution in [0.4, 0.5) is 0 Å².